The van der Waals surface area contributed by atoms with E-state index in [2.05, 4.69) is 43.0 Å². The molecule has 2 aliphatic carbocycles. The summed E-state index contributed by atoms with van der Waals surface area (Å²) in [5, 5.41) is 0. The lowest BCUT2D eigenvalue weighted by molar-refractivity contribution is -0.123. The van der Waals surface area contributed by atoms with E-state index in [1.807, 2.05) is 6.08 Å². The van der Waals surface area contributed by atoms with Gasteiger partial charge in [0.1, 0.15) is 5.78 Å². The molecule has 0 N–H and O–H groups in total. The van der Waals surface area contributed by atoms with Gasteiger partial charge < -0.3 is 0 Å². The van der Waals surface area contributed by atoms with Crippen LogP contribution in [0.1, 0.15) is 39.5 Å². The molecule has 0 amide bonds. The molecule has 0 aromatic heterocycles. The zero-order chi connectivity index (χ0) is 11.3. The molecule has 1 nitrogen and oxygen atoms in total. The third-order valence-corrected chi connectivity index (χ3v) is 6.49. The highest BCUT2D eigenvalue weighted by atomic mass is 127. The van der Waals surface area contributed by atoms with Crippen molar-refractivity contribution in [3.8, 4) is 0 Å². The largest absolute Gasteiger partial charge is 0.300 e. The fourth-order valence-electron chi connectivity index (χ4n) is 3.75. The normalized spacial score (nSPS) is 43.0. The lowest BCUT2D eigenvalue weighted by Crippen LogP contribution is -2.37. The highest BCUT2D eigenvalue weighted by molar-refractivity contribution is 14.1. The van der Waals surface area contributed by atoms with E-state index in [0.29, 0.717) is 21.0 Å². The predicted octanol–water partition coefficient (Wildman–Crippen LogP) is 3.76. The molecular formula is C13H19IO. The number of carbonyl (C=O) groups excluding carboxylic acids is 1. The molecule has 0 aliphatic heterocycles. The maximum absolute atomic E-state index is 11.8. The highest BCUT2D eigenvalue weighted by Gasteiger charge is 2.59. The topological polar surface area (TPSA) is 17.1 Å². The van der Waals surface area contributed by atoms with Crippen LogP contribution in [0.3, 0.4) is 0 Å². The quantitative estimate of drug-likeness (QED) is 0.430. The third-order valence-electron chi connectivity index (χ3n) is 4.30. The Balaban J connectivity index is 2.37. The number of halogens is 1. The summed E-state index contributed by atoms with van der Waals surface area (Å²) in [7, 11) is 0. The van der Waals surface area contributed by atoms with Crippen LogP contribution >= 0.6 is 22.6 Å². The summed E-state index contributed by atoms with van der Waals surface area (Å²) in [6, 6.07) is 0. The molecule has 0 saturated heterocycles. The van der Waals surface area contributed by atoms with Gasteiger partial charge in [-0.3, -0.25) is 4.79 Å². The molecular weight excluding hydrogens is 299 g/mol. The molecule has 0 spiro atoms. The van der Waals surface area contributed by atoms with Gasteiger partial charge in [-0.15, -0.1) is 6.58 Å². The number of alkyl halides is 1. The van der Waals surface area contributed by atoms with E-state index in [-0.39, 0.29) is 5.41 Å². The maximum Gasteiger partial charge on any atom is 0.133 e. The summed E-state index contributed by atoms with van der Waals surface area (Å²) in [4.78, 5) is 11.8. The van der Waals surface area contributed by atoms with Crippen molar-refractivity contribution < 1.29 is 4.79 Å². The van der Waals surface area contributed by atoms with Gasteiger partial charge in [-0.25, -0.2) is 0 Å². The van der Waals surface area contributed by atoms with Crippen LogP contribution in [0, 0.1) is 16.7 Å². The molecule has 84 valence electrons. The molecule has 0 aromatic rings. The van der Waals surface area contributed by atoms with Crippen molar-refractivity contribution in [2.75, 3.05) is 0 Å². The van der Waals surface area contributed by atoms with Gasteiger partial charge in [0.2, 0.25) is 0 Å². The molecule has 0 aromatic carbocycles. The average molecular weight is 318 g/mol. The first-order valence-corrected chi connectivity index (χ1v) is 6.92. The Kier molecular flexibility index (Phi) is 2.77. The van der Waals surface area contributed by atoms with Crippen molar-refractivity contribution in [1.82, 2.24) is 0 Å². The number of hydrogen-bond acceptors (Lipinski definition) is 1. The van der Waals surface area contributed by atoms with Crippen molar-refractivity contribution in [1.29, 1.82) is 0 Å². The van der Waals surface area contributed by atoms with Gasteiger partial charge in [0, 0.05) is 16.8 Å². The molecule has 2 bridgehead atoms. The second-order valence-electron chi connectivity index (χ2n) is 5.95. The van der Waals surface area contributed by atoms with Gasteiger partial charge in [-0.05, 0) is 29.6 Å². The Hall–Kier alpha value is 0.140. The van der Waals surface area contributed by atoms with Crippen LogP contribution in [0.5, 0.6) is 0 Å². The van der Waals surface area contributed by atoms with Gasteiger partial charge >= 0.3 is 0 Å². The van der Waals surface area contributed by atoms with Crippen molar-refractivity contribution in [2.24, 2.45) is 16.7 Å². The van der Waals surface area contributed by atoms with Gasteiger partial charge in [-0.1, -0.05) is 42.5 Å². The van der Waals surface area contributed by atoms with Gasteiger partial charge in [0.15, 0.2) is 0 Å². The minimum absolute atomic E-state index is 0.228. The number of fused-ring (bicyclic) bond motifs is 2. The monoisotopic (exact) mass is 318 g/mol. The number of allylic oxidation sites excluding steroid dienone is 1. The summed E-state index contributed by atoms with van der Waals surface area (Å²) in [5.41, 5.74) is 0.562. The van der Waals surface area contributed by atoms with Crippen molar-refractivity contribution in [3.05, 3.63) is 12.7 Å². The summed E-state index contributed by atoms with van der Waals surface area (Å²) in [5.74, 6) is 1.06. The number of carbonyl (C=O) groups is 1. The molecule has 2 fully saturated rings. The molecule has 2 saturated carbocycles. The Labute approximate surface area is 106 Å². The Bertz CT molecular complexity index is 308. The minimum atomic E-state index is 0.228. The molecule has 0 heterocycles. The van der Waals surface area contributed by atoms with Gasteiger partial charge in [0.25, 0.3) is 0 Å². The summed E-state index contributed by atoms with van der Waals surface area (Å²) in [6.07, 6.45) is 5.79. The van der Waals surface area contributed by atoms with Crippen LogP contribution in [0.15, 0.2) is 12.7 Å². The number of hydrogen-bond donors (Lipinski definition) is 0. The average Bonchev–Trinajstić information content (AvgIpc) is 2.24. The number of ketones is 1. The SMILES string of the molecule is C=CC[C@@]12CC(=O)C[C@@H]([C@@H]1I)C(C)(C)C2. The van der Waals surface area contributed by atoms with E-state index in [1.54, 1.807) is 0 Å². The van der Waals surface area contributed by atoms with E-state index in [9.17, 15) is 4.79 Å². The summed E-state index contributed by atoms with van der Waals surface area (Å²) in [6.45, 7) is 8.51. The molecule has 0 unspecified atom stereocenters. The van der Waals surface area contributed by atoms with Crippen LogP contribution in [0.4, 0.5) is 0 Å². The zero-order valence-corrected chi connectivity index (χ0v) is 11.7. The van der Waals surface area contributed by atoms with Crippen molar-refractivity contribution in [3.63, 3.8) is 0 Å². The number of rotatable bonds is 2. The first kappa shape index (κ1) is 11.6. The van der Waals surface area contributed by atoms with E-state index in [1.165, 1.54) is 6.42 Å². The molecule has 0 radical (unpaired) electrons. The fraction of sp³-hybridized carbons (Fsp3) is 0.769. The minimum Gasteiger partial charge on any atom is -0.300 e. The maximum atomic E-state index is 11.8. The molecule has 3 atom stereocenters. The smallest absolute Gasteiger partial charge is 0.133 e. The molecule has 2 aliphatic rings. The molecule has 2 rings (SSSR count). The van der Waals surface area contributed by atoms with Gasteiger partial charge in [-0.2, -0.15) is 0 Å². The summed E-state index contributed by atoms with van der Waals surface area (Å²) < 4.78 is 0.654. The van der Waals surface area contributed by atoms with Crippen LogP contribution in [0.25, 0.3) is 0 Å². The van der Waals surface area contributed by atoms with Gasteiger partial charge in [0.05, 0.1) is 0 Å². The van der Waals surface area contributed by atoms with Crippen LogP contribution < -0.4 is 0 Å². The van der Waals surface area contributed by atoms with Crippen LogP contribution in [0.2, 0.25) is 0 Å². The standard InChI is InChI=1S/C13H19IO/c1-4-5-13-7-9(15)6-10(11(13)14)12(2,3)8-13/h4,10-11H,1,5-8H2,2-3H3/t10-,11-,13-/m0/s1. The van der Waals surface area contributed by atoms with E-state index < -0.39 is 0 Å². The zero-order valence-electron chi connectivity index (χ0n) is 9.55. The second-order valence-corrected chi connectivity index (χ2v) is 7.29. The third kappa shape index (κ3) is 1.69. The van der Waals surface area contributed by atoms with Crippen LogP contribution in [-0.4, -0.2) is 9.71 Å². The first-order chi connectivity index (χ1) is 6.91. The lowest BCUT2D eigenvalue weighted by Gasteiger charge is -2.36. The number of Topliss-reactive ketones (excluding diaryl/α,β-unsaturated/α-hetero) is 1. The van der Waals surface area contributed by atoms with E-state index in [0.717, 1.165) is 19.3 Å². The lowest BCUT2D eigenvalue weighted by atomic mass is 9.73. The Morgan fingerprint density at radius 2 is 2.27 bits per heavy atom. The Morgan fingerprint density at radius 3 is 2.87 bits per heavy atom. The second kappa shape index (κ2) is 3.57. The van der Waals surface area contributed by atoms with Crippen molar-refractivity contribution in [2.45, 2.75) is 43.5 Å². The first-order valence-electron chi connectivity index (χ1n) is 5.68. The highest BCUT2D eigenvalue weighted by Crippen LogP contribution is 2.63. The van der Waals surface area contributed by atoms with Crippen molar-refractivity contribution >= 4 is 28.4 Å². The predicted molar refractivity (Wildman–Crippen MR) is 71.2 cm³/mol. The summed E-state index contributed by atoms with van der Waals surface area (Å²) >= 11 is 2.58. The van der Waals surface area contributed by atoms with Crippen LogP contribution in [-0.2, 0) is 4.79 Å². The van der Waals surface area contributed by atoms with E-state index >= 15 is 0 Å². The molecule has 2 heteroatoms. The van der Waals surface area contributed by atoms with E-state index in [4.69, 9.17) is 0 Å². The Morgan fingerprint density at radius 1 is 1.60 bits per heavy atom. The molecule has 15 heavy (non-hydrogen) atoms. The fourth-order valence-corrected chi connectivity index (χ4v) is 5.68.